The number of hydrogen-bond donors (Lipinski definition) is 1. The van der Waals surface area contributed by atoms with E-state index in [-0.39, 0.29) is 24.1 Å². The number of imide groups is 1. The van der Waals surface area contributed by atoms with E-state index >= 15 is 0 Å². The van der Waals surface area contributed by atoms with E-state index in [0.717, 1.165) is 25.7 Å². The molecule has 8 heteroatoms. The zero-order valence-corrected chi connectivity index (χ0v) is 18.4. The summed E-state index contributed by atoms with van der Waals surface area (Å²) in [6.45, 7) is 1.19. The standard InChI is InChI=1S/C22H27Cl2N3O3/c23-16-7-6-15(12-17(16)24)27-19(28)13-18(20(27)29)26-10-8-22(9-11-26,21(25)30)14-4-2-1-3-5-14/h6-7,12,14,18H,1-5,8-11,13H2,(H2,25,30)/t18-/m1/s1. The number of carbonyl (C=O) groups excluding carboxylic acids is 3. The van der Waals surface area contributed by atoms with Crippen molar-refractivity contribution < 1.29 is 14.4 Å². The van der Waals surface area contributed by atoms with Gasteiger partial charge in [0.05, 0.1) is 33.6 Å². The number of amides is 3. The van der Waals surface area contributed by atoms with E-state index in [1.54, 1.807) is 18.2 Å². The molecule has 3 fully saturated rings. The Morgan fingerprint density at radius 1 is 1.03 bits per heavy atom. The van der Waals surface area contributed by atoms with Crippen LogP contribution in [0.5, 0.6) is 0 Å². The minimum absolute atomic E-state index is 0.131. The van der Waals surface area contributed by atoms with Gasteiger partial charge in [0.1, 0.15) is 0 Å². The quantitative estimate of drug-likeness (QED) is 0.705. The maximum absolute atomic E-state index is 13.1. The van der Waals surface area contributed by atoms with Gasteiger partial charge >= 0.3 is 0 Å². The van der Waals surface area contributed by atoms with Crippen molar-refractivity contribution in [1.82, 2.24) is 4.90 Å². The summed E-state index contributed by atoms with van der Waals surface area (Å²) < 4.78 is 0. The summed E-state index contributed by atoms with van der Waals surface area (Å²) in [6, 6.07) is 4.24. The molecule has 1 saturated carbocycles. The fourth-order valence-corrected chi connectivity index (χ4v) is 5.83. The molecular weight excluding hydrogens is 425 g/mol. The molecule has 2 N–H and O–H groups in total. The van der Waals surface area contributed by atoms with Crippen LogP contribution in [0, 0.1) is 11.3 Å². The van der Waals surface area contributed by atoms with E-state index in [2.05, 4.69) is 0 Å². The van der Waals surface area contributed by atoms with Crippen LogP contribution in [0.4, 0.5) is 5.69 Å². The number of likely N-dealkylation sites (tertiary alicyclic amines) is 1. The lowest BCUT2D eigenvalue weighted by molar-refractivity contribution is -0.137. The molecule has 0 radical (unpaired) electrons. The van der Waals surface area contributed by atoms with Gasteiger partial charge in [-0.2, -0.15) is 0 Å². The number of anilines is 1. The Bertz CT molecular complexity index is 861. The zero-order valence-electron chi connectivity index (χ0n) is 16.9. The first-order chi connectivity index (χ1) is 14.3. The summed E-state index contributed by atoms with van der Waals surface area (Å²) in [5.41, 5.74) is 5.85. The summed E-state index contributed by atoms with van der Waals surface area (Å²) in [6.07, 6.45) is 7.06. The van der Waals surface area contributed by atoms with Crippen molar-refractivity contribution >= 4 is 46.6 Å². The molecule has 3 aliphatic rings. The van der Waals surface area contributed by atoms with Gasteiger partial charge in [-0.15, -0.1) is 0 Å². The molecule has 2 saturated heterocycles. The predicted molar refractivity (Wildman–Crippen MR) is 116 cm³/mol. The molecule has 0 unspecified atom stereocenters. The van der Waals surface area contributed by atoms with Crippen molar-refractivity contribution in [2.45, 2.75) is 57.4 Å². The zero-order chi connectivity index (χ0) is 21.5. The first-order valence-corrected chi connectivity index (χ1v) is 11.4. The fraction of sp³-hybridized carbons (Fsp3) is 0.591. The molecule has 0 aromatic heterocycles. The highest BCUT2D eigenvalue weighted by molar-refractivity contribution is 6.42. The third kappa shape index (κ3) is 3.74. The third-order valence-electron chi connectivity index (χ3n) is 7.29. The molecule has 2 aliphatic heterocycles. The van der Waals surface area contributed by atoms with Crippen LogP contribution in [-0.2, 0) is 14.4 Å². The van der Waals surface area contributed by atoms with E-state index < -0.39 is 11.5 Å². The van der Waals surface area contributed by atoms with Crippen molar-refractivity contribution in [3.8, 4) is 0 Å². The van der Waals surface area contributed by atoms with Crippen LogP contribution in [-0.4, -0.2) is 41.8 Å². The van der Waals surface area contributed by atoms with Crippen molar-refractivity contribution in [2.75, 3.05) is 18.0 Å². The maximum Gasteiger partial charge on any atom is 0.251 e. The molecule has 3 amide bonds. The highest BCUT2D eigenvalue weighted by atomic mass is 35.5. The third-order valence-corrected chi connectivity index (χ3v) is 8.03. The minimum atomic E-state index is -0.510. The van der Waals surface area contributed by atoms with Gasteiger partial charge in [0.15, 0.2) is 0 Å². The number of primary amides is 1. The Kier molecular flexibility index (Phi) is 6.11. The van der Waals surface area contributed by atoms with Gasteiger partial charge in [0.25, 0.3) is 5.91 Å². The number of carbonyl (C=O) groups is 3. The van der Waals surface area contributed by atoms with E-state index in [4.69, 9.17) is 28.9 Å². The Hall–Kier alpha value is -1.63. The van der Waals surface area contributed by atoms with Crippen molar-refractivity contribution in [1.29, 1.82) is 0 Å². The molecular formula is C22H27Cl2N3O3. The van der Waals surface area contributed by atoms with Crippen LogP contribution >= 0.6 is 23.2 Å². The van der Waals surface area contributed by atoms with Gasteiger partial charge in [-0.3, -0.25) is 19.3 Å². The Labute approximate surface area is 186 Å². The van der Waals surface area contributed by atoms with Gasteiger partial charge in [0.2, 0.25) is 11.8 Å². The van der Waals surface area contributed by atoms with Crippen LogP contribution in [0.2, 0.25) is 10.0 Å². The van der Waals surface area contributed by atoms with Gasteiger partial charge in [-0.25, -0.2) is 4.90 Å². The number of piperidine rings is 1. The monoisotopic (exact) mass is 451 g/mol. The lowest BCUT2D eigenvalue weighted by Crippen LogP contribution is -2.54. The molecule has 1 aromatic carbocycles. The largest absolute Gasteiger partial charge is 0.369 e. The van der Waals surface area contributed by atoms with Crippen LogP contribution in [0.15, 0.2) is 18.2 Å². The van der Waals surface area contributed by atoms with Crippen molar-refractivity contribution in [3.05, 3.63) is 28.2 Å². The fourth-order valence-electron chi connectivity index (χ4n) is 5.54. The van der Waals surface area contributed by atoms with Crippen molar-refractivity contribution in [2.24, 2.45) is 17.1 Å². The second kappa shape index (κ2) is 8.48. The molecule has 6 nitrogen and oxygen atoms in total. The molecule has 1 atom stereocenters. The van der Waals surface area contributed by atoms with Gasteiger partial charge in [-0.1, -0.05) is 42.5 Å². The summed E-state index contributed by atoms with van der Waals surface area (Å²) in [5.74, 6) is -0.370. The minimum Gasteiger partial charge on any atom is -0.369 e. The lowest BCUT2D eigenvalue weighted by atomic mass is 9.63. The number of halogens is 2. The second-order valence-electron chi connectivity index (χ2n) is 8.78. The molecule has 4 rings (SSSR count). The molecule has 30 heavy (non-hydrogen) atoms. The maximum atomic E-state index is 13.1. The summed E-state index contributed by atoms with van der Waals surface area (Å²) in [7, 11) is 0. The average molecular weight is 452 g/mol. The molecule has 162 valence electrons. The summed E-state index contributed by atoms with van der Waals surface area (Å²) in [5, 5.41) is 0.674. The molecule has 2 heterocycles. The molecule has 0 spiro atoms. The SMILES string of the molecule is NC(=O)C1(C2CCCCC2)CCN([C@@H]2CC(=O)N(c3ccc(Cl)c(Cl)c3)C2=O)CC1. The first kappa shape index (κ1) is 21.6. The summed E-state index contributed by atoms with van der Waals surface area (Å²) in [4.78, 5) is 41.5. The summed E-state index contributed by atoms with van der Waals surface area (Å²) >= 11 is 12.0. The van der Waals surface area contributed by atoms with E-state index in [0.29, 0.717) is 47.6 Å². The number of benzene rings is 1. The molecule has 1 aromatic rings. The van der Waals surface area contributed by atoms with Gasteiger partial charge in [-0.05, 0) is 62.9 Å². The first-order valence-electron chi connectivity index (χ1n) is 10.7. The highest BCUT2D eigenvalue weighted by Gasteiger charge is 2.50. The van der Waals surface area contributed by atoms with E-state index in [1.807, 2.05) is 4.90 Å². The predicted octanol–water partition coefficient (Wildman–Crippen LogP) is 3.77. The smallest absolute Gasteiger partial charge is 0.251 e. The molecule has 1 aliphatic carbocycles. The van der Waals surface area contributed by atoms with Crippen molar-refractivity contribution in [3.63, 3.8) is 0 Å². The number of nitrogens with zero attached hydrogens (tertiary/aromatic N) is 2. The molecule has 0 bridgehead atoms. The van der Waals surface area contributed by atoms with Crippen LogP contribution in [0.25, 0.3) is 0 Å². The van der Waals surface area contributed by atoms with Crippen LogP contribution in [0.3, 0.4) is 0 Å². The Morgan fingerprint density at radius 2 is 1.70 bits per heavy atom. The van der Waals surface area contributed by atoms with Gasteiger partial charge in [0, 0.05) is 0 Å². The Balaban J connectivity index is 1.48. The van der Waals surface area contributed by atoms with E-state index in [1.165, 1.54) is 11.3 Å². The lowest BCUT2D eigenvalue weighted by Gasteiger charge is -2.46. The van der Waals surface area contributed by atoms with E-state index in [9.17, 15) is 14.4 Å². The average Bonchev–Trinajstić information content (AvgIpc) is 3.04. The normalized spacial score (nSPS) is 25.7. The van der Waals surface area contributed by atoms with Crippen LogP contribution in [0.1, 0.15) is 51.4 Å². The Morgan fingerprint density at radius 3 is 2.30 bits per heavy atom. The number of nitrogens with two attached hydrogens (primary N) is 1. The van der Waals surface area contributed by atoms with Gasteiger partial charge < -0.3 is 5.73 Å². The van der Waals surface area contributed by atoms with Crippen LogP contribution < -0.4 is 10.6 Å². The second-order valence-corrected chi connectivity index (χ2v) is 9.59. The highest BCUT2D eigenvalue weighted by Crippen LogP contribution is 2.46. The number of hydrogen-bond acceptors (Lipinski definition) is 4. The number of rotatable bonds is 4. The topological polar surface area (TPSA) is 83.7 Å².